The van der Waals surface area contributed by atoms with Gasteiger partial charge in [-0.1, -0.05) is 0 Å². The van der Waals surface area contributed by atoms with Crippen LogP contribution in [0, 0.1) is 6.92 Å². The molecule has 1 aliphatic heterocycles. The van der Waals surface area contributed by atoms with Crippen molar-refractivity contribution in [3.05, 3.63) is 17.5 Å². The first kappa shape index (κ1) is 11.1. The zero-order valence-electron chi connectivity index (χ0n) is 9.86. The minimum Gasteiger partial charge on any atom is -0.376 e. The Hall–Kier alpha value is -1.36. The fraction of sp³-hybridized carbons (Fsp3) is 0.636. The number of carbonyl (C=O) groups excluding carboxylic acids is 1. The number of likely N-dealkylation sites (N-methyl/N-ethyl adjacent to an activating group) is 1. The highest BCUT2D eigenvalue weighted by molar-refractivity contribution is 5.95. The van der Waals surface area contributed by atoms with E-state index in [1.54, 1.807) is 11.1 Å². The summed E-state index contributed by atoms with van der Waals surface area (Å²) >= 11 is 0. The number of hydrogen-bond donors (Lipinski definition) is 1. The Bertz CT molecular complexity index is 388. The fourth-order valence-electron chi connectivity index (χ4n) is 2.14. The van der Waals surface area contributed by atoms with Gasteiger partial charge in [0.25, 0.3) is 5.91 Å². The van der Waals surface area contributed by atoms with Crippen LogP contribution in [0.4, 0.5) is 0 Å². The van der Waals surface area contributed by atoms with Crippen LogP contribution in [0.2, 0.25) is 0 Å². The molecule has 1 fully saturated rings. The minimum absolute atomic E-state index is 0.00796. The van der Waals surface area contributed by atoms with Crippen LogP contribution < -0.4 is 0 Å². The van der Waals surface area contributed by atoms with Gasteiger partial charge in [0.15, 0.2) is 0 Å². The number of aromatic amines is 1. The number of aryl methyl sites for hydroxylation is 1. The minimum atomic E-state index is 0.00796. The van der Waals surface area contributed by atoms with Gasteiger partial charge in [0.2, 0.25) is 0 Å². The lowest BCUT2D eigenvalue weighted by atomic mass is 10.1. The third-order valence-corrected chi connectivity index (χ3v) is 3.21. The third kappa shape index (κ3) is 1.82. The first-order valence-corrected chi connectivity index (χ1v) is 5.50. The molecule has 5 heteroatoms. The Kier molecular flexibility index (Phi) is 2.96. The normalized spacial score (nSPS) is 24.7. The molecule has 0 aliphatic carbocycles. The van der Waals surface area contributed by atoms with Crippen molar-refractivity contribution in [2.24, 2.45) is 0 Å². The van der Waals surface area contributed by atoms with Crippen LogP contribution in [-0.4, -0.2) is 46.8 Å². The SMILES string of the molecule is Cc1[nH]ncc1C(=O)N(C)C1CCOC1C. The molecule has 2 rings (SSSR count). The molecule has 0 aromatic carbocycles. The molecule has 1 N–H and O–H groups in total. The molecule has 0 saturated carbocycles. The highest BCUT2D eigenvalue weighted by atomic mass is 16.5. The highest BCUT2D eigenvalue weighted by Crippen LogP contribution is 2.20. The maximum atomic E-state index is 12.2. The Morgan fingerprint density at radius 1 is 1.69 bits per heavy atom. The van der Waals surface area contributed by atoms with Crippen molar-refractivity contribution < 1.29 is 9.53 Å². The summed E-state index contributed by atoms with van der Waals surface area (Å²) in [5.41, 5.74) is 1.45. The Balaban J connectivity index is 2.13. The van der Waals surface area contributed by atoms with Gasteiger partial charge in [-0.2, -0.15) is 5.10 Å². The van der Waals surface area contributed by atoms with E-state index < -0.39 is 0 Å². The zero-order valence-corrected chi connectivity index (χ0v) is 9.86. The van der Waals surface area contributed by atoms with Gasteiger partial charge < -0.3 is 9.64 Å². The number of carbonyl (C=O) groups is 1. The second-order valence-corrected chi connectivity index (χ2v) is 4.26. The van der Waals surface area contributed by atoms with E-state index in [0.717, 1.165) is 18.7 Å². The van der Waals surface area contributed by atoms with E-state index in [9.17, 15) is 4.79 Å². The number of amides is 1. The van der Waals surface area contributed by atoms with Gasteiger partial charge in [-0.3, -0.25) is 9.89 Å². The average Bonchev–Trinajstić information content (AvgIpc) is 2.85. The van der Waals surface area contributed by atoms with E-state index in [1.165, 1.54) is 0 Å². The maximum absolute atomic E-state index is 12.2. The molecule has 1 amide bonds. The van der Waals surface area contributed by atoms with Crippen LogP contribution >= 0.6 is 0 Å². The number of nitrogens with zero attached hydrogens (tertiary/aromatic N) is 2. The van der Waals surface area contributed by atoms with Crippen molar-refractivity contribution in [2.75, 3.05) is 13.7 Å². The van der Waals surface area contributed by atoms with E-state index in [-0.39, 0.29) is 18.1 Å². The van der Waals surface area contributed by atoms with Crippen LogP contribution in [0.5, 0.6) is 0 Å². The summed E-state index contributed by atoms with van der Waals surface area (Å²) in [6.07, 6.45) is 2.59. The fourth-order valence-corrected chi connectivity index (χ4v) is 2.14. The Morgan fingerprint density at radius 2 is 2.44 bits per heavy atom. The summed E-state index contributed by atoms with van der Waals surface area (Å²) in [5, 5.41) is 6.64. The molecule has 5 nitrogen and oxygen atoms in total. The summed E-state index contributed by atoms with van der Waals surface area (Å²) in [4.78, 5) is 13.9. The van der Waals surface area contributed by atoms with Crippen molar-refractivity contribution in [3.63, 3.8) is 0 Å². The van der Waals surface area contributed by atoms with Crippen molar-refractivity contribution in [2.45, 2.75) is 32.4 Å². The predicted octanol–water partition coefficient (Wildman–Crippen LogP) is 0.968. The quantitative estimate of drug-likeness (QED) is 0.812. The van der Waals surface area contributed by atoms with Crippen LogP contribution in [-0.2, 0) is 4.74 Å². The molecule has 16 heavy (non-hydrogen) atoms. The lowest BCUT2D eigenvalue weighted by Crippen LogP contribution is -2.41. The zero-order chi connectivity index (χ0) is 11.7. The average molecular weight is 223 g/mol. The van der Waals surface area contributed by atoms with Crippen LogP contribution in [0.1, 0.15) is 29.4 Å². The predicted molar refractivity (Wildman–Crippen MR) is 59.2 cm³/mol. The van der Waals surface area contributed by atoms with Crippen molar-refractivity contribution >= 4 is 5.91 Å². The van der Waals surface area contributed by atoms with Gasteiger partial charge >= 0.3 is 0 Å². The Labute approximate surface area is 94.8 Å². The molecule has 0 bridgehead atoms. The number of aromatic nitrogens is 2. The molecule has 1 saturated heterocycles. The molecule has 1 aromatic heterocycles. The molecule has 2 atom stereocenters. The van der Waals surface area contributed by atoms with Crippen molar-refractivity contribution in [1.29, 1.82) is 0 Å². The molecule has 88 valence electrons. The van der Waals surface area contributed by atoms with Gasteiger partial charge in [-0.25, -0.2) is 0 Å². The standard InChI is InChI=1S/C11H17N3O2/c1-7-9(6-12-13-7)11(15)14(3)10-4-5-16-8(10)2/h6,8,10H,4-5H2,1-3H3,(H,12,13). The molecule has 2 unspecified atom stereocenters. The lowest BCUT2D eigenvalue weighted by Gasteiger charge is -2.26. The van der Waals surface area contributed by atoms with Crippen LogP contribution in [0.3, 0.4) is 0 Å². The maximum Gasteiger partial charge on any atom is 0.257 e. The highest BCUT2D eigenvalue weighted by Gasteiger charge is 2.31. The van der Waals surface area contributed by atoms with Gasteiger partial charge in [0, 0.05) is 19.3 Å². The molecule has 1 aromatic rings. The summed E-state index contributed by atoms with van der Waals surface area (Å²) in [7, 11) is 1.82. The summed E-state index contributed by atoms with van der Waals surface area (Å²) in [6, 6.07) is 0.168. The van der Waals surface area contributed by atoms with Gasteiger partial charge in [0.1, 0.15) is 0 Å². The van der Waals surface area contributed by atoms with E-state index in [4.69, 9.17) is 4.74 Å². The van der Waals surface area contributed by atoms with Gasteiger partial charge in [-0.05, 0) is 20.3 Å². The molecule has 0 spiro atoms. The number of ether oxygens (including phenoxy) is 1. The third-order valence-electron chi connectivity index (χ3n) is 3.21. The summed E-state index contributed by atoms with van der Waals surface area (Å²) in [5.74, 6) is 0.00796. The monoisotopic (exact) mass is 223 g/mol. The topological polar surface area (TPSA) is 58.2 Å². The van der Waals surface area contributed by atoms with E-state index in [2.05, 4.69) is 10.2 Å². The van der Waals surface area contributed by atoms with Crippen molar-refractivity contribution in [1.82, 2.24) is 15.1 Å². The number of H-pyrrole nitrogens is 1. The Morgan fingerprint density at radius 3 is 2.94 bits per heavy atom. The van der Waals surface area contributed by atoms with E-state index >= 15 is 0 Å². The second kappa shape index (κ2) is 4.25. The largest absolute Gasteiger partial charge is 0.376 e. The van der Waals surface area contributed by atoms with Crippen LogP contribution in [0.25, 0.3) is 0 Å². The smallest absolute Gasteiger partial charge is 0.257 e. The lowest BCUT2D eigenvalue weighted by molar-refractivity contribution is 0.0574. The summed E-state index contributed by atoms with van der Waals surface area (Å²) < 4.78 is 5.47. The number of hydrogen-bond acceptors (Lipinski definition) is 3. The molecule has 2 heterocycles. The molecule has 1 aliphatic rings. The first-order chi connectivity index (χ1) is 7.61. The van der Waals surface area contributed by atoms with E-state index in [0.29, 0.717) is 5.56 Å². The molecular weight excluding hydrogens is 206 g/mol. The number of rotatable bonds is 2. The first-order valence-electron chi connectivity index (χ1n) is 5.50. The van der Waals surface area contributed by atoms with E-state index in [1.807, 2.05) is 20.9 Å². The van der Waals surface area contributed by atoms with Gasteiger partial charge in [-0.15, -0.1) is 0 Å². The summed E-state index contributed by atoms with van der Waals surface area (Å²) in [6.45, 7) is 4.58. The number of nitrogens with one attached hydrogen (secondary N) is 1. The molecule has 0 radical (unpaired) electrons. The second-order valence-electron chi connectivity index (χ2n) is 4.26. The van der Waals surface area contributed by atoms with Gasteiger partial charge in [0.05, 0.1) is 23.9 Å². The molecular formula is C11H17N3O2. The van der Waals surface area contributed by atoms with Crippen LogP contribution in [0.15, 0.2) is 6.20 Å². The van der Waals surface area contributed by atoms with Crippen molar-refractivity contribution in [3.8, 4) is 0 Å².